The van der Waals surface area contributed by atoms with Crippen molar-refractivity contribution in [3.8, 4) is 40.8 Å². The van der Waals surface area contributed by atoms with E-state index in [0.29, 0.717) is 53.1 Å². The molecule has 0 fully saturated rings. The SMILES string of the molecule is CC(C)(C)SOCCN(CCO[Si](C)(C)C(C)(C)C)c1ccc(/C=C/c2sc(/C=C/C3=C(C#N)C(=C(C#N)C#N)OC3(c3ccc(-c4ccccc4)cc3)C(F)(F)F)c3c2OCCO3)cc1. The Kier molecular flexibility index (Phi) is 15.4. The number of rotatable bonds is 15. The van der Waals surface area contributed by atoms with Crippen molar-refractivity contribution in [1.29, 1.82) is 15.8 Å². The number of halogens is 3. The zero-order valence-corrected chi connectivity index (χ0v) is 41.0. The molecular weight excluding hydrogens is 898 g/mol. The standard InChI is InChI=1S/C51H53F3N4O5S2Si/c1-48(2,3)65-61-28-26-58(27-29-62-66(7,8)49(4,5)6)40-21-14-35(15-22-40)16-24-43-46-47(60-31-30-59-46)44(64-43)25-23-42-41(34-57)45(38(32-55)33-56)63-50(42,51(52,53)54)39-19-17-37(18-20-39)36-12-10-9-11-13-36/h9-25H,26-31H2,1-8H3/b24-16+,25-23+. The highest BCUT2D eigenvalue weighted by molar-refractivity contribution is 7.96. The summed E-state index contributed by atoms with van der Waals surface area (Å²) in [5.74, 6) is 0.0325. The molecule has 1 aromatic heterocycles. The fourth-order valence-electron chi connectivity index (χ4n) is 6.99. The lowest BCUT2D eigenvalue weighted by Gasteiger charge is -2.37. The predicted molar refractivity (Wildman–Crippen MR) is 260 cm³/mol. The van der Waals surface area contributed by atoms with E-state index in [1.807, 2.05) is 54.6 Å². The molecule has 66 heavy (non-hydrogen) atoms. The second kappa shape index (κ2) is 20.4. The van der Waals surface area contributed by atoms with Crippen LogP contribution < -0.4 is 14.4 Å². The fourth-order valence-corrected chi connectivity index (χ4v) is 9.54. The number of thiophene rings is 1. The van der Waals surface area contributed by atoms with Gasteiger partial charge in [-0.15, -0.1) is 11.3 Å². The Labute approximate surface area is 395 Å². The van der Waals surface area contributed by atoms with E-state index in [1.54, 1.807) is 18.2 Å². The molecule has 344 valence electrons. The summed E-state index contributed by atoms with van der Waals surface area (Å²) in [7, 11) is -1.95. The van der Waals surface area contributed by atoms with Gasteiger partial charge < -0.3 is 27.7 Å². The van der Waals surface area contributed by atoms with E-state index in [4.69, 9.17) is 22.8 Å². The largest absolute Gasteiger partial charge is 0.485 e. The average molecular weight is 951 g/mol. The lowest BCUT2D eigenvalue weighted by Crippen LogP contribution is -2.43. The Bertz CT molecular complexity index is 2610. The monoisotopic (exact) mass is 950 g/mol. The highest BCUT2D eigenvalue weighted by atomic mass is 32.2. The molecule has 9 nitrogen and oxygen atoms in total. The molecule has 15 heteroatoms. The van der Waals surface area contributed by atoms with E-state index < -0.39 is 42.6 Å². The van der Waals surface area contributed by atoms with Gasteiger partial charge in [-0.3, -0.25) is 0 Å². The Morgan fingerprint density at radius 2 is 1.36 bits per heavy atom. The second-order valence-electron chi connectivity index (χ2n) is 18.1. The second-order valence-corrected chi connectivity index (χ2v) is 25.6. The number of nitriles is 3. The molecule has 2 aliphatic rings. The van der Waals surface area contributed by atoms with E-state index in [-0.39, 0.29) is 28.6 Å². The zero-order valence-electron chi connectivity index (χ0n) is 38.3. The molecule has 0 bridgehead atoms. The summed E-state index contributed by atoms with van der Waals surface area (Å²) in [4.78, 5) is 3.36. The molecule has 2 aliphatic heterocycles. The number of nitrogens with zero attached hydrogens (tertiary/aromatic N) is 4. The zero-order chi connectivity index (χ0) is 47.9. The first-order valence-corrected chi connectivity index (χ1v) is 25.9. The molecule has 0 saturated carbocycles. The van der Waals surface area contributed by atoms with Crippen molar-refractivity contribution in [2.24, 2.45) is 0 Å². The first-order valence-electron chi connectivity index (χ1n) is 21.4. The molecule has 3 aromatic carbocycles. The summed E-state index contributed by atoms with van der Waals surface area (Å²) in [6, 6.07) is 27.9. The van der Waals surface area contributed by atoms with E-state index in [9.17, 15) is 15.8 Å². The van der Waals surface area contributed by atoms with Crippen LogP contribution in [0.2, 0.25) is 18.1 Å². The molecule has 0 radical (unpaired) electrons. The number of alkyl halides is 3. The smallest absolute Gasteiger partial charge is 0.437 e. The number of hydrogen-bond donors (Lipinski definition) is 0. The average Bonchev–Trinajstić information content (AvgIpc) is 3.81. The van der Waals surface area contributed by atoms with Crippen molar-refractivity contribution in [3.63, 3.8) is 0 Å². The van der Waals surface area contributed by atoms with Crippen molar-refractivity contribution in [2.75, 3.05) is 44.4 Å². The van der Waals surface area contributed by atoms with Crippen LogP contribution in [-0.4, -0.2) is 58.8 Å². The summed E-state index contributed by atoms with van der Waals surface area (Å²) < 4.78 is 77.5. The normalized spacial score (nSPS) is 16.6. The maximum atomic E-state index is 15.8. The van der Waals surface area contributed by atoms with Gasteiger partial charge >= 0.3 is 6.18 Å². The number of ether oxygens (including phenoxy) is 3. The minimum absolute atomic E-state index is 0.0252. The van der Waals surface area contributed by atoms with Crippen LogP contribution in [0.15, 0.2) is 107 Å². The molecule has 4 aromatic rings. The number of hydrogen-bond acceptors (Lipinski definition) is 11. The van der Waals surface area contributed by atoms with Gasteiger partial charge in [0.15, 0.2) is 31.1 Å². The minimum Gasteiger partial charge on any atom is -0.485 e. The van der Waals surface area contributed by atoms with Crippen LogP contribution in [0.1, 0.15) is 62.4 Å². The van der Waals surface area contributed by atoms with Crippen LogP contribution >= 0.6 is 23.4 Å². The lowest BCUT2D eigenvalue weighted by atomic mass is 9.83. The van der Waals surface area contributed by atoms with Gasteiger partial charge in [0.1, 0.15) is 37.0 Å². The molecule has 0 amide bonds. The van der Waals surface area contributed by atoms with E-state index in [0.717, 1.165) is 22.9 Å². The van der Waals surface area contributed by atoms with Crippen molar-refractivity contribution < 1.29 is 36.0 Å². The topological polar surface area (TPSA) is 121 Å². The lowest BCUT2D eigenvalue weighted by molar-refractivity contribution is -0.249. The van der Waals surface area contributed by atoms with E-state index in [2.05, 4.69) is 71.7 Å². The van der Waals surface area contributed by atoms with Gasteiger partial charge in [-0.25, -0.2) is 0 Å². The van der Waals surface area contributed by atoms with E-state index >= 15 is 13.2 Å². The minimum atomic E-state index is -5.16. The van der Waals surface area contributed by atoms with Crippen LogP contribution in [0, 0.1) is 34.0 Å². The number of fused-ring (bicyclic) bond motifs is 1. The number of benzene rings is 3. The highest BCUT2D eigenvalue weighted by Crippen LogP contribution is 2.56. The molecule has 6 rings (SSSR count). The summed E-state index contributed by atoms with van der Waals surface area (Å²) in [6.07, 6.45) is 1.21. The molecule has 0 saturated heterocycles. The van der Waals surface area contributed by atoms with Gasteiger partial charge in [0.25, 0.3) is 5.60 Å². The summed E-state index contributed by atoms with van der Waals surface area (Å²) >= 11 is 2.70. The van der Waals surface area contributed by atoms with Crippen molar-refractivity contribution in [3.05, 3.63) is 128 Å². The van der Waals surface area contributed by atoms with Crippen molar-refractivity contribution >= 4 is 55.6 Å². The quantitative estimate of drug-likeness (QED) is 0.0493. The van der Waals surface area contributed by atoms with Crippen molar-refractivity contribution in [2.45, 2.75) is 76.2 Å². The van der Waals surface area contributed by atoms with Crippen LogP contribution in [0.5, 0.6) is 11.5 Å². The Balaban J connectivity index is 1.32. The van der Waals surface area contributed by atoms with Crippen LogP contribution in [0.25, 0.3) is 29.4 Å². The van der Waals surface area contributed by atoms with Crippen LogP contribution in [0.4, 0.5) is 18.9 Å². The first-order chi connectivity index (χ1) is 31.2. The van der Waals surface area contributed by atoms with E-state index in [1.165, 1.54) is 53.7 Å². The molecule has 0 spiro atoms. The highest BCUT2D eigenvalue weighted by Gasteiger charge is 2.65. The van der Waals surface area contributed by atoms with Gasteiger partial charge in [-0.05, 0) is 91.9 Å². The molecule has 1 unspecified atom stereocenters. The molecule has 1 atom stereocenters. The van der Waals surface area contributed by atoms with Crippen molar-refractivity contribution in [1.82, 2.24) is 0 Å². The van der Waals surface area contributed by atoms with Gasteiger partial charge in [0, 0.05) is 34.7 Å². The molecule has 0 N–H and O–H groups in total. The summed E-state index contributed by atoms with van der Waals surface area (Å²) in [5, 5.41) is 30.0. The third-order valence-corrected chi connectivity index (χ3v) is 17.8. The third-order valence-electron chi connectivity index (χ3n) is 11.4. The number of anilines is 1. The molecule has 0 aliphatic carbocycles. The van der Waals surface area contributed by atoms with Gasteiger partial charge in [-0.1, -0.05) is 99.7 Å². The maximum Gasteiger partial charge on any atom is 0.437 e. The molecular formula is C51H53F3N4O5S2Si. The number of allylic oxidation sites excluding steroid dienone is 2. The summed E-state index contributed by atoms with van der Waals surface area (Å²) in [6.45, 7) is 20.5. The maximum absolute atomic E-state index is 15.8. The van der Waals surface area contributed by atoms with Crippen LogP contribution in [-0.2, 0) is 18.9 Å². The third kappa shape index (κ3) is 11.1. The Morgan fingerprint density at radius 1 is 0.788 bits per heavy atom. The van der Waals surface area contributed by atoms with Gasteiger partial charge in [0.2, 0.25) is 0 Å². The van der Waals surface area contributed by atoms with Gasteiger partial charge in [0.05, 0.1) is 23.0 Å². The van der Waals surface area contributed by atoms with Gasteiger partial charge in [-0.2, -0.15) is 29.0 Å². The van der Waals surface area contributed by atoms with Crippen LogP contribution in [0.3, 0.4) is 0 Å². The first kappa shape index (κ1) is 49.7. The fraction of sp³-hybridized carbons (Fsp3) is 0.353. The molecule has 3 heterocycles. The Morgan fingerprint density at radius 3 is 1.91 bits per heavy atom. The Hall–Kier alpha value is -5.73. The summed E-state index contributed by atoms with van der Waals surface area (Å²) in [5.41, 5.74) is -2.16. The predicted octanol–water partition coefficient (Wildman–Crippen LogP) is 13.3.